The topological polar surface area (TPSA) is 34.1 Å². The molecule has 130 valence electrons. The first kappa shape index (κ1) is 15.2. The van der Waals surface area contributed by atoms with Gasteiger partial charge in [0, 0.05) is 33.8 Å². The maximum absolute atomic E-state index is 13.9. The third kappa shape index (κ3) is 1.66. The van der Waals surface area contributed by atoms with E-state index in [2.05, 4.69) is 55.5 Å². The standard InChI is InChI=1S/C23H20O2S/c1-12-2-8-17(9-3-12)26-23-16-7-6-15(11-16)20(23)21(24)18-13-4-5-14(10-13)19(18)22(23)25/h2-9,13-16,20H,10-11H2,1H3/t13-,14+,15+,16-,20-,23+/m1/s1. The van der Waals surface area contributed by atoms with Crippen LogP contribution in [0.15, 0.2) is 64.6 Å². The number of allylic oxidation sites excluding steroid dienone is 6. The second kappa shape index (κ2) is 4.89. The number of carbonyl (C=O) groups excluding carboxylic acids is 2. The number of ketones is 2. The van der Waals surface area contributed by atoms with E-state index in [0.29, 0.717) is 0 Å². The molecule has 6 rings (SSSR count). The summed E-state index contributed by atoms with van der Waals surface area (Å²) >= 11 is 1.66. The fourth-order valence-corrected chi connectivity index (χ4v) is 7.64. The molecule has 1 aromatic carbocycles. The lowest BCUT2D eigenvalue weighted by Crippen LogP contribution is -2.54. The third-order valence-electron chi connectivity index (χ3n) is 7.13. The van der Waals surface area contributed by atoms with Crippen molar-refractivity contribution >= 4 is 23.3 Å². The largest absolute Gasteiger partial charge is 0.294 e. The Labute approximate surface area is 157 Å². The number of Topliss-reactive ketones (excluding diaryl/α,β-unsaturated/α-hetero) is 2. The van der Waals surface area contributed by atoms with Gasteiger partial charge in [-0.15, -0.1) is 11.8 Å². The zero-order valence-electron chi connectivity index (χ0n) is 14.6. The maximum atomic E-state index is 13.9. The van der Waals surface area contributed by atoms with E-state index in [1.54, 1.807) is 11.8 Å². The highest BCUT2D eigenvalue weighted by Crippen LogP contribution is 2.65. The summed E-state index contributed by atoms with van der Waals surface area (Å²) in [5.41, 5.74) is 2.94. The van der Waals surface area contributed by atoms with Crippen LogP contribution in [-0.4, -0.2) is 16.3 Å². The first-order chi connectivity index (χ1) is 12.6. The molecule has 0 heterocycles. The highest BCUT2D eigenvalue weighted by atomic mass is 32.2. The van der Waals surface area contributed by atoms with Crippen LogP contribution in [0.25, 0.3) is 0 Å². The van der Waals surface area contributed by atoms with E-state index >= 15 is 0 Å². The molecular weight excluding hydrogens is 340 g/mol. The summed E-state index contributed by atoms with van der Waals surface area (Å²) < 4.78 is -0.622. The summed E-state index contributed by atoms with van der Waals surface area (Å²) in [5, 5.41) is 0. The van der Waals surface area contributed by atoms with Gasteiger partial charge in [0.15, 0.2) is 11.6 Å². The van der Waals surface area contributed by atoms with Crippen LogP contribution in [0.1, 0.15) is 18.4 Å². The van der Waals surface area contributed by atoms with Gasteiger partial charge in [-0.2, -0.15) is 0 Å². The molecule has 1 saturated carbocycles. The molecule has 2 nitrogen and oxygen atoms in total. The van der Waals surface area contributed by atoms with Gasteiger partial charge in [-0.25, -0.2) is 0 Å². The highest BCUT2D eigenvalue weighted by molar-refractivity contribution is 8.01. The van der Waals surface area contributed by atoms with Crippen molar-refractivity contribution in [2.45, 2.75) is 29.4 Å². The summed E-state index contributed by atoms with van der Waals surface area (Å²) in [7, 11) is 0. The summed E-state index contributed by atoms with van der Waals surface area (Å²) in [6, 6.07) is 8.39. The van der Waals surface area contributed by atoms with E-state index in [9.17, 15) is 9.59 Å². The molecule has 0 aliphatic heterocycles. The Hall–Kier alpha value is -1.87. The number of thioether (sulfide) groups is 1. The van der Waals surface area contributed by atoms with E-state index in [1.165, 1.54) is 5.56 Å². The Morgan fingerprint density at radius 3 is 2.42 bits per heavy atom. The van der Waals surface area contributed by atoms with Crippen LogP contribution in [-0.2, 0) is 9.59 Å². The number of carbonyl (C=O) groups is 2. The number of aryl methyl sites for hydroxylation is 1. The second-order valence-electron chi connectivity index (χ2n) is 8.43. The van der Waals surface area contributed by atoms with Crippen molar-refractivity contribution in [2.24, 2.45) is 29.6 Å². The molecule has 3 heteroatoms. The van der Waals surface area contributed by atoms with Crippen molar-refractivity contribution in [3.05, 3.63) is 65.3 Å². The summed E-state index contributed by atoms with van der Waals surface area (Å²) in [6.45, 7) is 2.07. The number of benzene rings is 1. The van der Waals surface area contributed by atoms with Gasteiger partial charge in [0.2, 0.25) is 0 Å². The fourth-order valence-electron chi connectivity index (χ4n) is 6.04. The van der Waals surface area contributed by atoms with Crippen LogP contribution in [0.5, 0.6) is 0 Å². The van der Waals surface area contributed by atoms with E-state index in [4.69, 9.17) is 0 Å². The number of rotatable bonds is 2. The van der Waals surface area contributed by atoms with Crippen LogP contribution in [0.2, 0.25) is 0 Å². The van der Waals surface area contributed by atoms with E-state index < -0.39 is 4.75 Å². The minimum atomic E-state index is -0.622. The molecule has 0 radical (unpaired) electrons. The van der Waals surface area contributed by atoms with Crippen LogP contribution < -0.4 is 0 Å². The lowest BCUT2D eigenvalue weighted by molar-refractivity contribution is -0.129. The molecule has 0 aromatic heterocycles. The first-order valence-electron chi connectivity index (χ1n) is 9.55. The van der Waals surface area contributed by atoms with Crippen molar-refractivity contribution in [1.82, 2.24) is 0 Å². The molecule has 0 amide bonds. The second-order valence-corrected chi connectivity index (χ2v) is 9.78. The molecule has 4 bridgehead atoms. The lowest BCUT2D eigenvalue weighted by atomic mass is 9.66. The molecule has 0 unspecified atom stereocenters. The average Bonchev–Trinajstić information content (AvgIpc) is 3.40. The van der Waals surface area contributed by atoms with E-state index in [-0.39, 0.29) is 41.2 Å². The molecule has 1 aromatic rings. The SMILES string of the molecule is Cc1ccc(S[C@]23C(=O)C4=C(C(=O)[C@H]2[C@H]2C=C[C@@H]3C2)[C@@H]2C=C[C@H]4C2)cc1. The van der Waals surface area contributed by atoms with Crippen molar-refractivity contribution in [2.75, 3.05) is 0 Å². The molecule has 1 fully saturated rings. The molecule has 0 saturated heterocycles. The van der Waals surface area contributed by atoms with Crippen molar-refractivity contribution in [3.63, 3.8) is 0 Å². The highest BCUT2D eigenvalue weighted by Gasteiger charge is 2.68. The zero-order chi connectivity index (χ0) is 17.6. The van der Waals surface area contributed by atoms with Gasteiger partial charge >= 0.3 is 0 Å². The van der Waals surface area contributed by atoms with E-state index in [1.807, 2.05) is 0 Å². The number of hydrogen-bond donors (Lipinski definition) is 0. The fraction of sp³-hybridized carbons (Fsp3) is 0.391. The molecule has 0 N–H and O–H groups in total. The predicted molar refractivity (Wildman–Crippen MR) is 102 cm³/mol. The van der Waals surface area contributed by atoms with Crippen LogP contribution in [0, 0.1) is 36.5 Å². The zero-order valence-corrected chi connectivity index (χ0v) is 15.5. The van der Waals surface area contributed by atoms with Crippen LogP contribution in [0.3, 0.4) is 0 Å². The maximum Gasteiger partial charge on any atom is 0.177 e. The molecule has 5 aliphatic carbocycles. The summed E-state index contributed by atoms with van der Waals surface area (Å²) in [4.78, 5) is 28.6. The van der Waals surface area contributed by atoms with Gasteiger partial charge in [0.05, 0.1) is 5.92 Å². The number of hydrogen-bond acceptors (Lipinski definition) is 3. The van der Waals surface area contributed by atoms with Crippen molar-refractivity contribution in [3.8, 4) is 0 Å². The van der Waals surface area contributed by atoms with Crippen molar-refractivity contribution in [1.29, 1.82) is 0 Å². The Kier molecular flexibility index (Phi) is 2.86. The van der Waals surface area contributed by atoms with Gasteiger partial charge in [-0.3, -0.25) is 9.59 Å². The van der Waals surface area contributed by atoms with Gasteiger partial charge in [-0.05, 0) is 37.8 Å². The third-order valence-corrected chi connectivity index (χ3v) is 8.72. The Bertz CT molecular complexity index is 951. The Morgan fingerprint density at radius 1 is 0.923 bits per heavy atom. The van der Waals surface area contributed by atoms with Crippen LogP contribution >= 0.6 is 11.8 Å². The summed E-state index contributed by atoms with van der Waals surface area (Å²) in [5.74, 6) is 1.12. The first-order valence-corrected chi connectivity index (χ1v) is 10.4. The predicted octanol–water partition coefficient (Wildman–Crippen LogP) is 4.30. The number of fused-ring (bicyclic) bond motifs is 9. The van der Waals surface area contributed by atoms with Gasteiger partial charge < -0.3 is 0 Å². The Balaban J connectivity index is 1.52. The van der Waals surface area contributed by atoms with Gasteiger partial charge in [0.1, 0.15) is 4.75 Å². The molecule has 6 atom stereocenters. The monoisotopic (exact) mass is 360 g/mol. The lowest BCUT2D eigenvalue weighted by Gasteiger charge is -2.44. The van der Waals surface area contributed by atoms with Crippen LogP contribution in [0.4, 0.5) is 0 Å². The molecule has 0 spiro atoms. The minimum Gasteiger partial charge on any atom is -0.294 e. The van der Waals surface area contributed by atoms with Crippen molar-refractivity contribution < 1.29 is 9.59 Å². The molecule has 5 aliphatic rings. The van der Waals surface area contributed by atoms with Gasteiger partial charge in [0.25, 0.3) is 0 Å². The van der Waals surface area contributed by atoms with E-state index in [0.717, 1.165) is 28.9 Å². The smallest absolute Gasteiger partial charge is 0.177 e. The normalized spacial score (nSPS) is 41.3. The Morgan fingerprint density at radius 2 is 1.65 bits per heavy atom. The minimum absolute atomic E-state index is 0.172. The average molecular weight is 360 g/mol. The molecule has 26 heavy (non-hydrogen) atoms. The quantitative estimate of drug-likeness (QED) is 0.738. The van der Waals surface area contributed by atoms with Gasteiger partial charge in [-0.1, -0.05) is 42.0 Å². The molecular formula is C23H20O2S. The summed E-state index contributed by atoms with van der Waals surface area (Å²) in [6.07, 6.45) is 10.6.